The van der Waals surface area contributed by atoms with Crippen LogP contribution in [0.3, 0.4) is 0 Å². The molecule has 3 aromatic rings. The zero-order valence-corrected chi connectivity index (χ0v) is 18.6. The van der Waals surface area contributed by atoms with Crippen LogP contribution in [0.4, 0.5) is 5.69 Å². The van der Waals surface area contributed by atoms with Crippen molar-refractivity contribution in [3.8, 4) is 0 Å². The molecule has 1 amide bonds. The highest BCUT2D eigenvalue weighted by atomic mass is 35.5. The molecule has 0 fully saturated rings. The number of fused-ring (bicyclic) bond motifs is 1. The van der Waals surface area contributed by atoms with Crippen LogP contribution in [0.5, 0.6) is 0 Å². The first-order valence-corrected chi connectivity index (χ1v) is 10.4. The molecule has 29 heavy (non-hydrogen) atoms. The maximum Gasteiger partial charge on any atom is 0.269 e. The molecule has 1 atom stereocenters. The van der Waals surface area contributed by atoms with Crippen molar-refractivity contribution in [3.05, 3.63) is 77.2 Å². The summed E-state index contributed by atoms with van der Waals surface area (Å²) in [6.45, 7) is 3.98. The lowest BCUT2D eigenvalue weighted by Gasteiger charge is -2.16. The van der Waals surface area contributed by atoms with Crippen molar-refractivity contribution in [2.24, 2.45) is 4.99 Å². The average molecular weight is 429 g/mol. The molecule has 1 unspecified atom stereocenters. The fraction of sp³-hybridized carbons (Fsp3) is 0.227. The van der Waals surface area contributed by atoms with E-state index in [2.05, 4.69) is 22.7 Å². The molecule has 0 aliphatic carbocycles. The molecule has 0 N–H and O–H groups in total. The quantitative estimate of drug-likeness (QED) is 0.453. The van der Waals surface area contributed by atoms with Crippen molar-refractivity contribution >= 4 is 47.6 Å². The number of halogens is 1. The Hall–Kier alpha value is -2.57. The number of allylic oxidation sites excluding steroid dienone is 1. The highest BCUT2D eigenvalue weighted by Gasteiger charge is 2.16. The fourth-order valence-electron chi connectivity index (χ4n) is 2.86. The zero-order valence-electron chi connectivity index (χ0n) is 17.0. The number of hydrogen-bond donors (Lipinski definition) is 1. The summed E-state index contributed by atoms with van der Waals surface area (Å²) in [6, 6.07) is 13.6. The van der Waals surface area contributed by atoms with E-state index in [1.165, 1.54) is 11.7 Å². The highest BCUT2D eigenvalue weighted by Crippen LogP contribution is 2.28. The van der Waals surface area contributed by atoms with Gasteiger partial charge in [0.05, 0.1) is 23.6 Å². The van der Waals surface area contributed by atoms with E-state index < -0.39 is 0 Å². The van der Waals surface area contributed by atoms with Crippen LogP contribution < -0.4 is 4.90 Å². The average Bonchev–Trinajstić information content (AvgIpc) is 3.19. The summed E-state index contributed by atoms with van der Waals surface area (Å²) < 4.78 is 1.80. The largest absolute Gasteiger partial charge is 0.311 e. The molecule has 0 bridgehead atoms. The van der Waals surface area contributed by atoms with Crippen LogP contribution in [0.25, 0.3) is 5.52 Å². The zero-order chi connectivity index (χ0) is 21.4. The highest BCUT2D eigenvalue weighted by molar-refractivity contribution is 7.79. The van der Waals surface area contributed by atoms with E-state index in [4.69, 9.17) is 11.6 Å². The van der Waals surface area contributed by atoms with Crippen LogP contribution in [0.15, 0.2) is 71.1 Å². The van der Waals surface area contributed by atoms with Crippen molar-refractivity contribution in [1.29, 1.82) is 0 Å². The predicted molar refractivity (Wildman–Crippen MR) is 126 cm³/mol. The Labute approximate surface area is 182 Å². The molecule has 5 nitrogen and oxygen atoms in total. The standard InChI is InChI=1S/C21H21ClN4O.CH4S/c1-15-7-6-8-17(11-15)25(3)21(27)14-23-19(12-22)16(2)18-13-24-26-10-5-4-9-20(18)26;1-2/h4-14,16H,1-3H3;2H,1H3/b19-12+,23-14?;. The predicted octanol–water partition coefficient (Wildman–Crippen LogP) is 5.11. The van der Waals surface area contributed by atoms with E-state index in [0.717, 1.165) is 22.3 Å². The second-order valence-electron chi connectivity index (χ2n) is 6.38. The van der Waals surface area contributed by atoms with Crippen LogP contribution in [0, 0.1) is 6.92 Å². The minimum absolute atomic E-state index is 0.101. The topological polar surface area (TPSA) is 50.0 Å². The third kappa shape index (κ3) is 5.49. The first-order valence-electron chi connectivity index (χ1n) is 9.07. The van der Waals surface area contributed by atoms with Gasteiger partial charge in [-0.05, 0) is 43.0 Å². The van der Waals surface area contributed by atoms with Gasteiger partial charge < -0.3 is 4.90 Å². The number of hydrogen-bond acceptors (Lipinski definition) is 4. The summed E-state index contributed by atoms with van der Waals surface area (Å²) in [4.78, 5) is 18.4. The molecule has 3 rings (SSSR count). The lowest BCUT2D eigenvalue weighted by Crippen LogP contribution is -2.27. The van der Waals surface area contributed by atoms with Gasteiger partial charge in [-0.15, -0.1) is 0 Å². The fourth-order valence-corrected chi connectivity index (χ4v) is 3.11. The van der Waals surface area contributed by atoms with Crippen LogP contribution in [-0.2, 0) is 4.79 Å². The molecule has 0 saturated carbocycles. The number of pyridine rings is 1. The number of carbonyl (C=O) groups excluding carboxylic acids is 1. The van der Waals surface area contributed by atoms with Crippen LogP contribution in [0.1, 0.15) is 24.0 Å². The SMILES string of the molecule is CS.Cc1cccc(N(C)C(=O)C=N/C(=C/Cl)C(C)c2cnn3ccccc23)c1. The number of anilines is 1. The number of carbonyl (C=O) groups is 1. The van der Waals surface area contributed by atoms with Crippen molar-refractivity contribution in [1.82, 2.24) is 9.61 Å². The number of thiol groups is 1. The minimum Gasteiger partial charge on any atom is -0.311 e. The Kier molecular flexibility index (Phi) is 8.49. The molecular weight excluding hydrogens is 404 g/mol. The maximum absolute atomic E-state index is 12.5. The van der Waals surface area contributed by atoms with Crippen molar-refractivity contribution in [2.75, 3.05) is 18.2 Å². The normalized spacial score (nSPS) is 12.6. The molecule has 7 heteroatoms. The van der Waals surface area contributed by atoms with Gasteiger partial charge in [0.1, 0.15) is 0 Å². The third-order valence-electron chi connectivity index (χ3n) is 4.52. The lowest BCUT2D eigenvalue weighted by atomic mass is 10.00. The number of benzene rings is 1. The minimum atomic E-state index is -0.219. The summed E-state index contributed by atoms with van der Waals surface area (Å²) in [5.41, 5.74) is 5.90. The van der Waals surface area contributed by atoms with Crippen molar-refractivity contribution < 1.29 is 4.79 Å². The Balaban J connectivity index is 0.00000145. The van der Waals surface area contributed by atoms with Gasteiger partial charge >= 0.3 is 0 Å². The number of amides is 1. The summed E-state index contributed by atoms with van der Waals surface area (Å²) in [6.07, 6.45) is 6.69. The second kappa shape index (κ2) is 10.8. The van der Waals surface area contributed by atoms with Crippen LogP contribution in [-0.4, -0.2) is 35.0 Å². The van der Waals surface area contributed by atoms with E-state index in [9.17, 15) is 4.79 Å². The number of aliphatic imine (C=N–C) groups is 1. The molecule has 152 valence electrons. The Bertz CT molecular complexity index is 1030. The van der Waals surface area contributed by atoms with E-state index >= 15 is 0 Å². The summed E-state index contributed by atoms with van der Waals surface area (Å²) in [5, 5.41) is 4.35. The summed E-state index contributed by atoms with van der Waals surface area (Å²) in [5.74, 6) is -0.320. The van der Waals surface area contributed by atoms with Crippen molar-refractivity contribution in [3.63, 3.8) is 0 Å². The van der Waals surface area contributed by atoms with Crippen molar-refractivity contribution in [2.45, 2.75) is 19.8 Å². The first kappa shape index (κ1) is 22.7. The number of rotatable bonds is 5. The maximum atomic E-state index is 12.5. The van der Waals surface area contributed by atoms with Gasteiger partial charge in [0.25, 0.3) is 5.91 Å². The molecule has 2 heterocycles. The van der Waals surface area contributed by atoms with E-state index in [1.54, 1.807) is 28.9 Å². The van der Waals surface area contributed by atoms with Crippen LogP contribution in [0.2, 0.25) is 0 Å². The number of aryl methyl sites for hydroxylation is 1. The number of nitrogens with zero attached hydrogens (tertiary/aromatic N) is 4. The first-order chi connectivity index (χ1) is 14.0. The second-order valence-corrected chi connectivity index (χ2v) is 6.60. The smallest absolute Gasteiger partial charge is 0.269 e. The van der Waals surface area contributed by atoms with E-state index in [-0.39, 0.29) is 11.8 Å². The van der Waals surface area contributed by atoms with Gasteiger partial charge in [-0.25, -0.2) is 4.52 Å². The monoisotopic (exact) mass is 428 g/mol. The molecule has 0 radical (unpaired) electrons. The van der Waals surface area contributed by atoms with Gasteiger partial charge in [0.2, 0.25) is 0 Å². The Morgan fingerprint density at radius 1 is 1.28 bits per heavy atom. The number of aromatic nitrogens is 2. The molecule has 0 spiro atoms. The molecule has 0 aliphatic heterocycles. The van der Waals surface area contributed by atoms with E-state index in [1.807, 2.05) is 62.5 Å². The third-order valence-corrected chi connectivity index (χ3v) is 4.75. The Morgan fingerprint density at radius 3 is 2.72 bits per heavy atom. The van der Waals surface area contributed by atoms with Crippen LogP contribution >= 0.6 is 24.2 Å². The van der Waals surface area contributed by atoms with Gasteiger partial charge in [-0.3, -0.25) is 9.79 Å². The summed E-state index contributed by atoms with van der Waals surface area (Å²) in [7, 11) is 1.72. The molecule has 0 aliphatic rings. The lowest BCUT2D eigenvalue weighted by molar-refractivity contribution is -0.111. The molecule has 2 aromatic heterocycles. The van der Waals surface area contributed by atoms with Gasteiger partial charge in [0.15, 0.2) is 0 Å². The molecular formula is C22H25ClN4OS. The summed E-state index contributed by atoms with van der Waals surface area (Å²) >= 11 is 9.53. The molecule has 1 aromatic carbocycles. The van der Waals surface area contributed by atoms with Gasteiger partial charge in [0, 0.05) is 35.9 Å². The Morgan fingerprint density at radius 2 is 2.03 bits per heavy atom. The molecule has 0 saturated heterocycles. The van der Waals surface area contributed by atoms with Gasteiger partial charge in [-0.2, -0.15) is 17.7 Å². The van der Waals surface area contributed by atoms with Gasteiger partial charge in [-0.1, -0.05) is 36.7 Å². The van der Waals surface area contributed by atoms with E-state index in [0.29, 0.717) is 5.70 Å².